The second kappa shape index (κ2) is 11.3. The van der Waals surface area contributed by atoms with Crippen LogP contribution in [-0.2, 0) is 10.9 Å². The molecule has 1 aliphatic heterocycles. The summed E-state index contributed by atoms with van der Waals surface area (Å²) in [5, 5.41) is 2.40. The van der Waals surface area contributed by atoms with Gasteiger partial charge in [0.1, 0.15) is 0 Å². The molecular weight excluding hydrogens is 453 g/mol. The lowest BCUT2D eigenvalue weighted by Gasteiger charge is -2.29. The number of morpholine rings is 1. The summed E-state index contributed by atoms with van der Waals surface area (Å²) in [5.41, 5.74) is -0.752. The zero-order valence-electron chi connectivity index (χ0n) is 19.5. The monoisotopic (exact) mass is 482 g/mol. The minimum atomic E-state index is -4.66. The zero-order valence-corrected chi connectivity index (χ0v) is 19.5. The highest BCUT2D eigenvalue weighted by molar-refractivity contribution is 6.05. The Kier molecular flexibility index (Phi) is 8.49. The van der Waals surface area contributed by atoms with Crippen molar-refractivity contribution in [2.24, 2.45) is 0 Å². The SMILES string of the molecule is CCOc1cc(C(=O)Nc2ccc(N3CCOCC3)cc2C(F)(F)F)cc(OCC)c1OCC. The molecule has 0 saturated carbocycles. The van der Waals surface area contributed by atoms with Gasteiger partial charge < -0.3 is 29.2 Å². The molecule has 2 aromatic carbocycles. The number of carbonyl (C=O) groups is 1. The van der Waals surface area contributed by atoms with Crippen molar-refractivity contribution in [1.82, 2.24) is 0 Å². The molecule has 1 saturated heterocycles. The van der Waals surface area contributed by atoms with Crippen LogP contribution in [0.15, 0.2) is 30.3 Å². The molecule has 0 unspecified atom stereocenters. The Hall–Kier alpha value is -3.14. The standard InChI is InChI=1S/C24H29F3N2O5/c1-4-32-20-13-16(14-21(33-5-2)22(20)34-6-3)23(30)28-19-8-7-17(15-18(19)24(25,26)27)29-9-11-31-12-10-29/h7-8,13-15H,4-6,9-12H2,1-3H3,(H,28,30). The van der Waals surface area contributed by atoms with E-state index in [0.29, 0.717) is 57.6 Å². The first-order valence-corrected chi connectivity index (χ1v) is 11.2. The van der Waals surface area contributed by atoms with Gasteiger partial charge in [-0.15, -0.1) is 0 Å². The molecule has 1 amide bonds. The zero-order chi connectivity index (χ0) is 24.7. The van der Waals surface area contributed by atoms with Crippen LogP contribution < -0.4 is 24.4 Å². The summed E-state index contributed by atoms with van der Waals surface area (Å²) in [7, 11) is 0. The van der Waals surface area contributed by atoms with Gasteiger partial charge in [-0.25, -0.2) is 0 Å². The third-order valence-electron chi connectivity index (χ3n) is 5.10. The summed E-state index contributed by atoms with van der Waals surface area (Å²) in [6, 6.07) is 6.75. The molecular formula is C24H29F3N2O5. The first-order valence-electron chi connectivity index (χ1n) is 11.2. The summed E-state index contributed by atoms with van der Waals surface area (Å²) in [6.45, 7) is 8.18. The van der Waals surface area contributed by atoms with E-state index in [1.807, 2.05) is 4.90 Å². The maximum Gasteiger partial charge on any atom is 0.418 e. The van der Waals surface area contributed by atoms with Gasteiger partial charge in [0.15, 0.2) is 11.5 Å². The largest absolute Gasteiger partial charge is 0.490 e. The van der Waals surface area contributed by atoms with Crippen molar-refractivity contribution in [3.05, 3.63) is 41.5 Å². The molecule has 0 radical (unpaired) electrons. The number of benzene rings is 2. The van der Waals surface area contributed by atoms with Crippen molar-refractivity contribution in [1.29, 1.82) is 0 Å². The van der Waals surface area contributed by atoms with E-state index in [1.165, 1.54) is 18.2 Å². The van der Waals surface area contributed by atoms with E-state index in [-0.39, 0.29) is 22.7 Å². The molecule has 1 heterocycles. The van der Waals surface area contributed by atoms with E-state index in [0.717, 1.165) is 6.07 Å². The van der Waals surface area contributed by atoms with Crippen molar-refractivity contribution < 1.29 is 36.9 Å². The first-order chi connectivity index (χ1) is 16.3. The number of ether oxygens (including phenoxy) is 4. The number of halogens is 3. The molecule has 0 atom stereocenters. The summed E-state index contributed by atoms with van der Waals surface area (Å²) < 4.78 is 63.7. The van der Waals surface area contributed by atoms with Crippen molar-refractivity contribution in [3.8, 4) is 17.2 Å². The number of nitrogens with zero attached hydrogens (tertiary/aromatic N) is 1. The fourth-order valence-electron chi connectivity index (χ4n) is 3.61. The highest BCUT2D eigenvalue weighted by Gasteiger charge is 2.35. The molecule has 0 aromatic heterocycles. The number of nitrogens with one attached hydrogen (secondary N) is 1. The number of hydrogen-bond acceptors (Lipinski definition) is 6. The lowest BCUT2D eigenvalue weighted by Crippen LogP contribution is -2.36. The van der Waals surface area contributed by atoms with Crippen LogP contribution in [0.3, 0.4) is 0 Å². The minimum absolute atomic E-state index is 0.0840. The van der Waals surface area contributed by atoms with Crippen molar-refractivity contribution in [2.45, 2.75) is 26.9 Å². The van der Waals surface area contributed by atoms with Gasteiger partial charge in [0, 0.05) is 24.3 Å². The molecule has 0 spiro atoms. The van der Waals surface area contributed by atoms with Gasteiger partial charge in [0.05, 0.1) is 44.3 Å². The molecule has 0 bridgehead atoms. The Morgan fingerprint density at radius 2 is 1.56 bits per heavy atom. The maximum atomic E-state index is 13.9. The second-order valence-electron chi connectivity index (χ2n) is 7.38. The van der Waals surface area contributed by atoms with Gasteiger partial charge >= 0.3 is 6.18 Å². The van der Waals surface area contributed by atoms with Crippen molar-refractivity contribution in [2.75, 3.05) is 56.3 Å². The van der Waals surface area contributed by atoms with E-state index < -0.39 is 17.6 Å². The first kappa shape index (κ1) is 25.5. The van der Waals surface area contributed by atoms with Crippen molar-refractivity contribution in [3.63, 3.8) is 0 Å². The molecule has 10 heteroatoms. The summed E-state index contributed by atoms with van der Waals surface area (Å²) in [4.78, 5) is 14.8. The summed E-state index contributed by atoms with van der Waals surface area (Å²) in [6.07, 6.45) is -4.66. The van der Waals surface area contributed by atoms with E-state index in [1.54, 1.807) is 26.8 Å². The molecule has 3 rings (SSSR count). The number of hydrogen-bond donors (Lipinski definition) is 1. The Balaban J connectivity index is 1.95. The number of amides is 1. The van der Waals surface area contributed by atoms with Crippen LogP contribution in [-0.4, -0.2) is 52.0 Å². The van der Waals surface area contributed by atoms with Gasteiger partial charge in [0.25, 0.3) is 5.91 Å². The number of anilines is 2. The molecule has 34 heavy (non-hydrogen) atoms. The second-order valence-corrected chi connectivity index (χ2v) is 7.38. The number of alkyl halides is 3. The fraction of sp³-hybridized carbons (Fsp3) is 0.458. The van der Waals surface area contributed by atoms with E-state index in [9.17, 15) is 18.0 Å². The van der Waals surface area contributed by atoms with Crippen LogP contribution in [0.5, 0.6) is 17.2 Å². The topological polar surface area (TPSA) is 69.3 Å². The summed E-state index contributed by atoms with van der Waals surface area (Å²) >= 11 is 0. The summed E-state index contributed by atoms with van der Waals surface area (Å²) in [5.74, 6) is 0.168. The normalized spacial score (nSPS) is 14.0. The smallest absolute Gasteiger partial charge is 0.418 e. The molecule has 0 aliphatic carbocycles. The number of carbonyl (C=O) groups excluding carboxylic acids is 1. The lowest BCUT2D eigenvalue weighted by molar-refractivity contribution is -0.136. The lowest BCUT2D eigenvalue weighted by atomic mass is 10.1. The van der Waals surface area contributed by atoms with Crippen LogP contribution in [0.4, 0.5) is 24.5 Å². The van der Waals surface area contributed by atoms with Crippen LogP contribution in [0.2, 0.25) is 0 Å². The molecule has 2 aromatic rings. The van der Waals surface area contributed by atoms with E-state index in [4.69, 9.17) is 18.9 Å². The predicted octanol–water partition coefficient (Wildman–Crippen LogP) is 4.99. The average molecular weight is 482 g/mol. The van der Waals surface area contributed by atoms with Gasteiger partial charge in [0.2, 0.25) is 5.75 Å². The van der Waals surface area contributed by atoms with Crippen LogP contribution in [0, 0.1) is 0 Å². The maximum absolute atomic E-state index is 13.9. The minimum Gasteiger partial charge on any atom is -0.490 e. The Morgan fingerprint density at radius 1 is 0.971 bits per heavy atom. The number of rotatable bonds is 9. The quantitative estimate of drug-likeness (QED) is 0.543. The van der Waals surface area contributed by atoms with Gasteiger partial charge in [-0.1, -0.05) is 0 Å². The predicted molar refractivity (Wildman–Crippen MR) is 122 cm³/mol. The van der Waals surface area contributed by atoms with Gasteiger partial charge in [-0.05, 0) is 51.1 Å². The molecule has 1 aliphatic rings. The van der Waals surface area contributed by atoms with Crippen LogP contribution >= 0.6 is 0 Å². The Labute approximate surface area is 196 Å². The average Bonchev–Trinajstić information content (AvgIpc) is 2.81. The Bertz CT molecular complexity index is 964. The Morgan fingerprint density at radius 3 is 2.09 bits per heavy atom. The van der Waals surface area contributed by atoms with E-state index >= 15 is 0 Å². The van der Waals surface area contributed by atoms with Gasteiger partial charge in [-0.2, -0.15) is 13.2 Å². The third kappa shape index (κ3) is 6.05. The van der Waals surface area contributed by atoms with E-state index in [2.05, 4.69) is 5.32 Å². The van der Waals surface area contributed by atoms with Gasteiger partial charge in [-0.3, -0.25) is 4.79 Å². The molecule has 186 valence electrons. The van der Waals surface area contributed by atoms with Crippen LogP contribution in [0.25, 0.3) is 0 Å². The highest BCUT2D eigenvalue weighted by atomic mass is 19.4. The van der Waals surface area contributed by atoms with Crippen molar-refractivity contribution >= 4 is 17.3 Å². The third-order valence-corrected chi connectivity index (χ3v) is 5.10. The fourth-order valence-corrected chi connectivity index (χ4v) is 3.61. The molecule has 1 N–H and O–H groups in total. The van der Waals surface area contributed by atoms with Crippen LogP contribution in [0.1, 0.15) is 36.7 Å². The molecule has 1 fully saturated rings. The highest BCUT2D eigenvalue weighted by Crippen LogP contribution is 2.40. The molecule has 7 nitrogen and oxygen atoms in total.